The second kappa shape index (κ2) is 13.3. The van der Waals surface area contributed by atoms with Gasteiger partial charge in [-0.15, -0.1) is 0 Å². The third-order valence-electron chi connectivity index (χ3n) is 8.72. The highest BCUT2D eigenvalue weighted by Gasteiger charge is 2.38. The number of rotatable bonds is 12. The van der Waals surface area contributed by atoms with Gasteiger partial charge >= 0.3 is 5.97 Å². The van der Waals surface area contributed by atoms with Crippen LogP contribution in [0.1, 0.15) is 47.7 Å². The molecule has 0 bridgehead atoms. The number of imidazole rings is 1. The molecule has 2 heterocycles. The molecule has 1 aliphatic rings. The predicted octanol–water partition coefficient (Wildman–Crippen LogP) is 6.08. The first-order valence-electron chi connectivity index (χ1n) is 15.6. The van der Waals surface area contributed by atoms with Crippen LogP contribution in [0.2, 0.25) is 0 Å². The van der Waals surface area contributed by atoms with Gasteiger partial charge in [-0.1, -0.05) is 110 Å². The van der Waals surface area contributed by atoms with Gasteiger partial charge in [-0.2, -0.15) is 4.72 Å². The zero-order valence-electron chi connectivity index (χ0n) is 25.7. The van der Waals surface area contributed by atoms with Crippen LogP contribution >= 0.6 is 0 Å². The number of fused-ring (bicyclic) bond motifs is 1. The lowest BCUT2D eigenvalue weighted by molar-refractivity contribution is -0.139. The van der Waals surface area contributed by atoms with Crippen LogP contribution in [0.25, 0.3) is 0 Å². The fourth-order valence-corrected chi connectivity index (χ4v) is 7.98. The standard InChI is InChI=1S/C37H38N4O4S/c1-27-23-28-13-11-22-34(35(28)38-24-27)46(44,45)40-33(36(42)43)21-12-20-32-25-41(26-39-32)37(29-14-5-2-6-15-29,30-16-7-3-8-17-30)31-18-9-4-10-19-31/h2-11,13-19,22,25-27,33,38,40H,12,20-21,23-24H2,1H3,(H,42,43)/t27?,33-/m0/s1. The number of nitrogens with one attached hydrogen (secondary N) is 2. The molecule has 0 amide bonds. The highest BCUT2D eigenvalue weighted by Crippen LogP contribution is 2.41. The van der Waals surface area contributed by atoms with Crippen molar-refractivity contribution in [2.24, 2.45) is 5.92 Å². The average molecular weight is 635 g/mol. The van der Waals surface area contributed by atoms with E-state index >= 15 is 0 Å². The van der Waals surface area contributed by atoms with Gasteiger partial charge in [0.25, 0.3) is 0 Å². The summed E-state index contributed by atoms with van der Waals surface area (Å²) in [4.78, 5) is 17.1. The first-order chi connectivity index (χ1) is 22.3. The molecule has 0 spiro atoms. The van der Waals surface area contributed by atoms with Gasteiger partial charge in [-0.05, 0) is 59.9 Å². The Kier molecular flexibility index (Phi) is 9.05. The minimum absolute atomic E-state index is 0.0842. The summed E-state index contributed by atoms with van der Waals surface area (Å²) in [6, 6.07) is 34.7. The number of nitrogens with zero attached hydrogens (tertiary/aromatic N) is 2. The lowest BCUT2D eigenvalue weighted by atomic mass is 9.77. The molecule has 0 radical (unpaired) electrons. The van der Waals surface area contributed by atoms with Gasteiger partial charge in [0, 0.05) is 12.7 Å². The Labute approximate surface area is 270 Å². The van der Waals surface area contributed by atoms with E-state index in [9.17, 15) is 18.3 Å². The normalized spacial score (nSPS) is 15.5. The number of carboxylic acid groups (broad SMARTS) is 1. The highest BCUT2D eigenvalue weighted by atomic mass is 32.2. The van der Waals surface area contributed by atoms with Crippen LogP contribution in [0.4, 0.5) is 5.69 Å². The van der Waals surface area contributed by atoms with Gasteiger partial charge < -0.3 is 15.0 Å². The number of para-hydroxylation sites is 1. The number of hydrogen-bond donors (Lipinski definition) is 3. The molecule has 236 valence electrons. The number of aryl methyl sites for hydroxylation is 1. The molecule has 0 fully saturated rings. The third kappa shape index (κ3) is 6.21. The van der Waals surface area contributed by atoms with E-state index in [1.165, 1.54) is 6.07 Å². The molecule has 2 atom stereocenters. The van der Waals surface area contributed by atoms with Crippen molar-refractivity contribution in [3.8, 4) is 0 Å². The topological polar surface area (TPSA) is 113 Å². The second-order valence-corrected chi connectivity index (χ2v) is 13.6. The smallest absolute Gasteiger partial charge is 0.321 e. The molecule has 0 saturated heterocycles. The summed E-state index contributed by atoms with van der Waals surface area (Å²) < 4.78 is 31.4. The largest absolute Gasteiger partial charge is 0.480 e. The first-order valence-corrected chi connectivity index (χ1v) is 17.1. The SMILES string of the molecule is CC1CNc2c(cccc2S(=O)(=O)N[C@@H](CCCc2cn(C(c3ccccc3)(c3ccccc3)c3ccccc3)cn2)C(=O)O)C1. The van der Waals surface area contributed by atoms with Crippen molar-refractivity contribution in [1.29, 1.82) is 0 Å². The number of benzene rings is 4. The van der Waals surface area contributed by atoms with Crippen molar-refractivity contribution in [2.75, 3.05) is 11.9 Å². The lowest BCUT2D eigenvalue weighted by Crippen LogP contribution is -2.41. The van der Waals surface area contributed by atoms with Crippen LogP contribution < -0.4 is 10.0 Å². The van der Waals surface area contributed by atoms with Crippen LogP contribution in [-0.2, 0) is 33.2 Å². The minimum Gasteiger partial charge on any atom is -0.480 e. The monoisotopic (exact) mass is 634 g/mol. The molecule has 9 heteroatoms. The van der Waals surface area contributed by atoms with E-state index in [1.807, 2.05) is 73.2 Å². The molecule has 4 aromatic carbocycles. The van der Waals surface area contributed by atoms with Gasteiger partial charge in [0.1, 0.15) is 16.5 Å². The second-order valence-electron chi connectivity index (χ2n) is 12.0. The van der Waals surface area contributed by atoms with Crippen LogP contribution in [0.5, 0.6) is 0 Å². The fourth-order valence-electron chi connectivity index (χ4n) is 6.53. The maximum Gasteiger partial charge on any atom is 0.321 e. The Hall–Kier alpha value is -4.73. The molecule has 1 aliphatic heterocycles. The summed E-state index contributed by atoms with van der Waals surface area (Å²) in [6.45, 7) is 2.76. The summed E-state index contributed by atoms with van der Waals surface area (Å²) in [5.74, 6) is -0.830. The van der Waals surface area contributed by atoms with Gasteiger partial charge in [-0.25, -0.2) is 13.4 Å². The van der Waals surface area contributed by atoms with Crippen molar-refractivity contribution < 1.29 is 18.3 Å². The van der Waals surface area contributed by atoms with Gasteiger partial charge in [-0.3, -0.25) is 4.79 Å². The van der Waals surface area contributed by atoms with E-state index in [-0.39, 0.29) is 11.3 Å². The molecule has 46 heavy (non-hydrogen) atoms. The molecular formula is C37H38N4O4S. The van der Waals surface area contributed by atoms with Crippen LogP contribution in [-0.4, -0.2) is 41.6 Å². The van der Waals surface area contributed by atoms with Crippen molar-refractivity contribution in [3.63, 3.8) is 0 Å². The Balaban J connectivity index is 1.24. The first kappa shape index (κ1) is 31.3. The summed E-state index contributed by atoms with van der Waals surface area (Å²) in [5, 5.41) is 13.2. The number of sulfonamides is 1. The van der Waals surface area contributed by atoms with Crippen molar-refractivity contribution in [3.05, 3.63) is 150 Å². The van der Waals surface area contributed by atoms with Gasteiger partial charge in [0.2, 0.25) is 10.0 Å². The summed E-state index contributed by atoms with van der Waals surface area (Å²) in [7, 11) is -4.08. The number of carbonyl (C=O) groups is 1. The molecule has 6 rings (SSSR count). The predicted molar refractivity (Wildman–Crippen MR) is 179 cm³/mol. The Bertz CT molecular complexity index is 1800. The zero-order valence-corrected chi connectivity index (χ0v) is 26.5. The van der Waals surface area contributed by atoms with Gasteiger partial charge in [0.05, 0.1) is 17.7 Å². The van der Waals surface area contributed by atoms with Gasteiger partial charge in [0.15, 0.2) is 0 Å². The molecule has 8 nitrogen and oxygen atoms in total. The van der Waals surface area contributed by atoms with E-state index < -0.39 is 27.6 Å². The molecule has 1 aromatic heterocycles. The van der Waals surface area contributed by atoms with Crippen molar-refractivity contribution in [1.82, 2.24) is 14.3 Å². The van der Waals surface area contributed by atoms with E-state index in [2.05, 4.69) is 57.9 Å². The van der Waals surface area contributed by atoms with E-state index in [4.69, 9.17) is 4.98 Å². The molecule has 5 aromatic rings. The Morgan fingerprint density at radius 2 is 1.52 bits per heavy atom. The number of anilines is 1. The molecular weight excluding hydrogens is 596 g/mol. The van der Waals surface area contributed by atoms with E-state index in [0.29, 0.717) is 31.0 Å². The summed E-state index contributed by atoms with van der Waals surface area (Å²) in [5.41, 5.74) is 4.78. The van der Waals surface area contributed by atoms with E-state index in [0.717, 1.165) is 34.4 Å². The van der Waals surface area contributed by atoms with E-state index in [1.54, 1.807) is 6.07 Å². The minimum atomic E-state index is -4.08. The molecule has 0 saturated carbocycles. The number of carboxylic acids is 1. The van der Waals surface area contributed by atoms with Crippen LogP contribution in [0.15, 0.2) is 127 Å². The summed E-state index contributed by atoms with van der Waals surface area (Å²) >= 11 is 0. The fraction of sp³-hybridized carbons (Fsp3) is 0.243. The highest BCUT2D eigenvalue weighted by molar-refractivity contribution is 7.89. The number of hydrogen-bond acceptors (Lipinski definition) is 5. The third-order valence-corrected chi connectivity index (χ3v) is 10.2. The van der Waals surface area contributed by atoms with Crippen molar-refractivity contribution in [2.45, 2.75) is 49.1 Å². The molecule has 1 unspecified atom stereocenters. The lowest BCUT2D eigenvalue weighted by Gasteiger charge is -2.37. The van der Waals surface area contributed by atoms with Crippen LogP contribution in [0, 0.1) is 5.92 Å². The molecule has 0 aliphatic carbocycles. The Morgan fingerprint density at radius 3 is 2.09 bits per heavy atom. The zero-order chi connectivity index (χ0) is 32.1. The number of aliphatic carboxylic acids is 1. The quantitative estimate of drug-likeness (QED) is 0.143. The summed E-state index contributed by atoms with van der Waals surface area (Å²) in [6.07, 6.45) is 5.62. The number of aromatic nitrogens is 2. The van der Waals surface area contributed by atoms with Crippen molar-refractivity contribution >= 4 is 21.7 Å². The maximum atomic E-state index is 13.4. The maximum absolute atomic E-state index is 13.4. The molecule has 3 N–H and O–H groups in total. The Morgan fingerprint density at radius 1 is 0.935 bits per heavy atom. The van der Waals surface area contributed by atoms with Crippen LogP contribution in [0.3, 0.4) is 0 Å². The average Bonchev–Trinajstić information content (AvgIpc) is 3.54.